The number of esters is 1. The van der Waals surface area contributed by atoms with E-state index in [0.717, 1.165) is 55.2 Å². The number of halogens is 3. The van der Waals surface area contributed by atoms with Crippen LogP contribution < -0.4 is 24.4 Å². The van der Waals surface area contributed by atoms with Gasteiger partial charge in [0, 0.05) is 20.8 Å². The molecule has 0 radical (unpaired) electrons. The Labute approximate surface area is 333 Å². The first-order valence-corrected chi connectivity index (χ1v) is 19.5. The van der Waals surface area contributed by atoms with E-state index in [1.165, 1.54) is 26.2 Å². The minimum atomic E-state index is -4.45. The summed E-state index contributed by atoms with van der Waals surface area (Å²) in [6, 6.07) is 4.61. The van der Waals surface area contributed by atoms with E-state index in [2.05, 4.69) is 20.3 Å². The van der Waals surface area contributed by atoms with Gasteiger partial charge in [-0.2, -0.15) is 15.0 Å². The molecule has 294 valence electrons. The lowest BCUT2D eigenvalue weighted by Gasteiger charge is -2.18. The van der Waals surface area contributed by atoms with Crippen LogP contribution >= 0.6 is 34.2 Å². The van der Waals surface area contributed by atoms with Crippen LogP contribution in [0.5, 0.6) is 11.8 Å². The Hall–Kier alpha value is -4.96. The van der Waals surface area contributed by atoms with Gasteiger partial charge in [-0.15, -0.1) is 0 Å². The summed E-state index contributed by atoms with van der Waals surface area (Å²) in [5.74, 6) is -3.85. The number of nitrogens with zero attached hydrogens (tertiary/aromatic N) is 4. The molecule has 1 aliphatic carbocycles. The monoisotopic (exact) mass is 916 g/mol. The number of hydrogen-bond donors (Lipinski definition) is 3. The second-order valence-electron chi connectivity index (χ2n) is 11.8. The number of anilines is 2. The quantitative estimate of drug-likeness (QED) is 0.0851. The number of imide groups is 1. The molecule has 55 heavy (non-hydrogen) atoms. The van der Waals surface area contributed by atoms with Gasteiger partial charge in [0.05, 0.1) is 30.0 Å². The summed E-state index contributed by atoms with van der Waals surface area (Å²) < 4.78 is 56.7. The highest BCUT2D eigenvalue weighted by molar-refractivity contribution is 14.1. The first-order chi connectivity index (χ1) is 26.1. The largest absolute Gasteiger partial charge is 0.480 e. The van der Waals surface area contributed by atoms with Gasteiger partial charge in [0.15, 0.2) is 6.61 Å². The number of unbranched alkanes of at least 4 members (excludes halogenated alkanes) is 2. The predicted octanol–water partition coefficient (Wildman–Crippen LogP) is 5.34. The highest BCUT2D eigenvalue weighted by atomic mass is 127. The number of rotatable bonds is 13. The number of carbonyl (C=O) groups excluding carboxylic acids is 4. The fourth-order valence-electron chi connectivity index (χ4n) is 5.28. The van der Waals surface area contributed by atoms with E-state index in [4.69, 9.17) is 30.9 Å². The summed E-state index contributed by atoms with van der Waals surface area (Å²) in [5.41, 5.74) is 0.205. The summed E-state index contributed by atoms with van der Waals surface area (Å²) in [7, 11) is -3.14. The maximum Gasteiger partial charge on any atom is 0.344 e. The van der Waals surface area contributed by atoms with Crippen LogP contribution in [0.15, 0.2) is 46.4 Å². The zero-order chi connectivity index (χ0) is 40.4. The van der Waals surface area contributed by atoms with Crippen LogP contribution in [-0.4, -0.2) is 78.6 Å². The van der Waals surface area contributed by atoms with Crippen molar-refractivity contribution in [3.63, 3.8) is 0 Å². The average molecular weight is 917 g/mol. The molecule has 3 N–H and O–H groups in total. The Kier molecular flexibility index (Phi) is 14.8. The molecule has 0 atom stereocenters. The Bertz CT molecular complexity index is 2130. The van der Waals surface area contributed by atoms with Crippen LogP contribution in [0.25, 0.3) is 0 Å². The number of methoxy groups -OCH3 is 1. The molecule has 17 nitrogen and oxygen atoms in total. The van der Waals surface area contributed by atoms with Crippen molar-refractivity contribution in [3.05, 3.63) is 67.3 Å². The van der Waals surface area contributed by atoms with Gasteiger partial charge >= 0.3 is 24.0 Å². The molecular formula is C34H35ClFIN6O11S. The topological polar surface area (TPSA) is 233 Å². The third kappa shape index (κ3) is 11.1. The molecule has 0 unspecified atom stereocenters. The number of benzene rings is 2. The van der Waals surface area contributed by atoms with Gasteiger partial charge in [-0.25, -0.2) is 36.8 Å². The van der Waals surface area contributed by atoms with Gasteiger partial charge in [0.1, 0.15) is 22.3 Å². The molecule has 1 aromatic heterocycles. The Balaban J connectivity index is 0.000000246. The number of sulfonamides is 1. The van der Waals surface area contributed by atoms with Crippen molar-refractivity contribution >= 4 is 85.6 Å². The van der Waals surface area contributed by atoms with Gasteiger partial charge in [-0.1, -0.05) is 31.4 Å². The van der Waals surface area contributed by atoms with Crippen LogP contribution in [0, 0.1) is 16.3 Å². The minimum absolute atomic E-state index is 0.000883. The molecule has 1 aliphatic heterocycles. The number of carboxylic acids is 1. The second kappa shape index (κ2) is 19.1. The van der Waals surface area contributed by atoms with Crippen molar-refractivity contribution in [1.29, 1.82) is 0 Å². The Morgan fingerprint density at radius 3 is 2.33 bits per heavy atom. The van der Waals surface area contributed by atoms with Gasteiger partial charge in [0.2, 0.25) is 5.95 Å². The number of hydrogen-bond acceptors (Lipinski definition) is 13. The first-order valence-electron chi connectivity index (χ1n) is 16.6. The molecule has 2 heterocycles. The molecule has 2 aromatic carbocycles. The number of aromatic nitrogens is 3. The fraction of sp³-hybridized carbons (Fsp3) is 0.353. The van der Waals surface area contributed by atoms with E-state index in [-0.39, 0.29) is 34.2 Å². The summed E-state index contributed by atoms with van der Waals surface area (Å²) in [6.45, 7) is 3.45. The molecular weight excluding hydrogens is 882 g/mol. The predicted molar refractivity (Wildman–Crippen MR) is 202 cm³/mol. The van der Waals surface area contributed by atoms with Crippen molar-refractivity contribution < 1.29 is 56.1 Å². The molecule has 2 aliphatic rings. The highest BCUT2D eigenvalue weighted by Crippen LogP contribution is 2.39. The van der Waals surface area contributed by atoms with Crippen molar-refractivity contribution in [3.8, 4) is 11.8 Å². The number of nitrogens with one attached hydrogen (secondary N) is 2. The third-order valence-corrected chi connectivity index (χ3v) is 10.2. The third-order valence-electron chi connectivity index (χ3n) is 7.81. The van der Waals surface area contributed by atoms with Crippen LogP contribution in [0.4, 0.5) is 20.8 Å². The summed E-state index contributed by atoms with van der Waals surface area (Å²) in [6.07, 6.45) is 5.40. The molecule has 0 spiro atoms. The smallest absolute Gasteiger partial charge is 0.344 e. The first kappa shape index (κ1) is 42.8. The maximum atomic E-state index is 14.5. The number of carboxylic acid groups (broad SMARTS) is 1. The highest BCUT2D eigenvalue weighted by Gasteiger charge is 2.41. The molecule has 0 fully saturated rings. The summed E-state index contributed by atoms with van der Waals surface area (Å²) in [4.78, 5) is 72.0. The summed E-state index contributed by atoms with van der Waals surface area (Å²) >= 11 is 7.84. The average Bonchev–Trinajstić information content (AvgIpc) is 3.38. The minimum Gasteiger partial charge on any atom is -0.480 e. The van der Waals surface area contributed by atoms with Gasteiger partial charge < -0.3 is 19.3 Å². The lowest BCUT2D eigenvalue weighted by Crippen LogP contribution is -2.35. The molecule has 3 aromatic rings. The van der Waals surface area contributed by atoms with E-state index >= 15 is 0 Å². The van der Waals surface area contributed by atoms with Crippen LogP contribution in [0.1, 0.15) is 68.1 Å². The normalized spacial score (nSPS) is 13.7. The number of ether oxygens (including phenoxy) is 3. The molecule has 5 rings (SSSR count). The van der Waals surface area contributed by atoms with Crippen molar-refractivity contribution in [2.45, 2.75) is 63.7 Å². The van der Waals surface area contributed by atoms with Gasteiger partial charge in [0.25, 0.3) is 21.8 Å². The molecule has 0 saturated heterocycles. The van der Waals surface area contributed by atoms with E-state index in [1.807, 2.05) is 29.5 Å². The number of aromatic carboxylic acids is 1. The van der Waals surface area contributed by atoms with Gasteiger partial charge in [-0.3, -0.25) is 14.9 Å². The molecule has 0 bridgehead atoms. The standard InChI is InChI=1S/C21H23ClFNO5.C13H12IN5O6S/c1-2-3-6-9-28-19(25)12-29-18-11-17(16(23)10-15(18)22)24-20(26)13-7-4-5-8-14(13)21(24)27;1-6-15-11(18-13(16-6)25-2)17-12(22)19-26(23,24)9-5-7(14)3-4-8(9)10(20)21/h10-11H,2-9,12H2,1H3;3-5H,1-2H3,(H,20,21)(H2,15,16,17,18,19,22). The molecule has 0 saturated carbocycles. The van der Waals surface area contributed by atoms with E-state index in [0.29, 0.717) is 34.2 Å². The summed E-state index contributed by atoms with van der Waals surface area (Å²) in [5, 5.41) is 11.2. The fourth-order valence-corrected chi connectivity index (χ4v) is 7.32. The number of urea groups is 1. The SMILES string of the molecule is CCCCCOC(=O)COc1cc(N2C(=O)C3=C(CCCC3)C2=O)c(F)cc1Cl.COc1nc(C)nc(NC(=O)NS(=O)(=O)c2cc(I)ccc2C(=O)O)n1. The maximum absolute atomic E-state index is 14.5. The van der Waals surface area contributed by atoms with Crippen LogP contribution in [0.2, 0.25) is 5.02 Å². The number of amides is 4. The van der Waals surface area contributed by atoms with Crippen molar-refractivity contribution in [2.75, 3.05) is 30.5 Å². The molecule has 4 amide bonds. The lowest BCUT2D eigenvalue weighted by molar-refractivity contribution is -0.146. The zero-order valence-corrected chi connectivity index (χ0v) is 33.3. The number of carbonyl (C=O) groups is 5. The molecule has 21 heteroatoms. The Morgan fingerprint density at radius 2 is 1.71 bits per heavy atom. The van der Waals surface area contributed by atoms with Crippen LogP contribution in [-0.2, 0) is 29.1 Å². The van der Waals surface area contributed by atoms with E-state index in [1.54, 1.807) is 4.72 Å². The van der Waals surface area contributed by atoms with Crippen LogP contribution in [0.3, 0.4) is 0 Å². The number of aryl methyl sites for hydroxylation is 1. The Morgan fingerprint density at radius 1 is 1.04 bits per heavy atom. The van der Waals surface area contributed by atoms with Crippen molar-refractivity contribution in [2.24, 2.45) is 0 Å². The van der Waals surface area contributed by atoms with Crippen molar-refractivity contribution in [1.82, 2.24) is 19.7 Å². The van der Waals surface area contributed by atoms with E-state index in [9.17, 15) is 36.8 Å². The second-order valence-corrected chi connectivity index (χ2v) is 15.1. The lowest BCUT2D eigenvalue weighted by atomic mass is 9.93. The van der Waals surface area contributed by atoms with E-state index < -0.39 is 62.7 Å². The zero-order valence-electron chi connectivity index (χ0n) is 29.6. The van der Waals surface area contributed by atoms with Gasteiger partial charge in [-0.05, 0) is 85.9 Å².